The highest BCUT2D eigenvalue weighted by Crippen LogP contribution is 2.19. The van der Waals surface area contributed by atoms with Crippen molar-refractivity contribution in [1.29, 1.82) is 0 Å². The van der Waals surface area contributed by atoms with Gasteiger partial charge in [-0.05, 0) is 24.6 Å². The number of amides is 1. The van der Waals surface area contributed by atoms with Crippen molar-refractivity contribution in [3.05, 3.63) is 45.9 Å². The van der Waals surface area contributed by atoms with E-state index in [1.54, 1.807) is 5.38 Å². The van der Waals surface area contributed by atoms with Gasteiger partial charge in [0.2, 0.25) is 0 Å². The van der Waals surface area contributed by atoms with Gasteiger partial charge in [-0.1, -0.05) is 12.1 Å². The molecule has 5 nitrogen and oxygen atoms in total. The number of thiazole rings is 1. The number of piperazine rings is 1. The summed E-state index contributed by atoms with van der Waals surface area (Å²) >= 11 is 1.45. The summed E-state index contributed by atoms with van der Waals surface area (Å²) in [4.78, 5) is 20.9. The molecule has 1 aromatic carbocycles. The second-order valence-corrected chi connectivity index (χ2v) is 6.39. The molecule has 1 aliphatic rings. The molecular formula is C16H20N4OS. The SMILES string of the molecule is Cc1cccc(N2CCN(C(=O)c3csc(CN)n3)CC2)c1. The van der Waals surface area contributed by atoms with Crippen LogP contribution in [0.3, 0.4) is 0 Å². The molecule has 0 unspecified atom stereocenters. The molecule has 116 valence electrons. The zero-order valence-corrected chi connectivity index (χ0v) is 13.5. The molecular weight excluding hydrogens is 296 g/mol. The molecule has 1 fully saturated rings. The molecule has 0 spiro atoms. The second-order valence-electron chi connectivity index (χ2n) is 5.45. The molecule has 0 bridgehead atoms. The van der Waals surface area contributed by atoms with E-state index in [2.05, 4.69) is 41.1 Å². The zero-order chi connectivity index (χ0) is 15.5. The van der Waals surface area contributed by atoms with E-state index in [4.69, 9.17) is 5.73 Å². The van der Waals surface area contributed by atoms with Gasteiger partial charge in [0.25, 0.3) is 5.91 Å². The van der Waals surface area contributed by atoms with Crippen LogP contribution in [0, 0.1) is 6.92 Å². The molecule has 1 saturated heterocycles. The third-order valence-corrected chi connectivity index (χ3v) is 4.75. The van der Waals surface area contributed by atoms with Crippen molar-refractivity contribution in [3.63, 3.8) is 0 Å². The van der Waals surface area contributed by atoms with Crippen molar-refractivity contribution in [1.82, 2.24) is 9.88 Å². The molecule has 2 heterocycles. The maximum absolute atomic E-state index is 12.4. The van der Waals surface area contributed by atoms with Gasteiger partial charge in [-0.3, -0.25) is 4.79 Å². The van der Waals surface area contributed by atoms with Crippen LogP contribution in [0.5, 0.6) is 0 Å². The number of benzene rings is 1. The first kappa shape index (κ1) is 15.0. The Balaban J connectivity index is 1.62. The van der Waals surface area contributed by atoms with E-state index in [0.717, 1.165) is 31.2 Å². The first-order chi connectivity index (χ1) is 10.7. The van der Waals surface area contributed by atoms with Crippen LogP contribution in [0.15, 0.2) is 29.6 Å². The van der Waals surface area contributed by atoms with Crippen molar-refractivity contribution in [2.24, 2.45) is 5.73 Å². The smallest absolute Gasteiger partial charge is 0.273 e. The van der Waals surface area contributed by atoms with E-state index in [-0.39, 0.29) is 5.91 Å². The van der Waals surface area contributed by atoms with Crippen molar-refractivity contribution in [3.8, 4) is 0 Å². The summed E-state index contributed by atoms with van der Waals surface area (Å²) in [7, 11) is 0. The van der Waals surface area contributed by atoms with Crippen molar-refractivity contribution >= 4 is 22.9 Å². The molecule has 2 aromatic rings. The van der Waals surface area contributed by atoms with Gasteiger partial charge in [0.05, 0.1) is 0 Å². The maximum atomic E-state index is 12.4. The van der Waals surface area contributed by atoms with E-state index < -0.39 is 0 Å². The predicted octanol–water partition coefficient (Wildman–Crippen LogP) is 1.87. The van der Waals surface area contributed by atoms with Crippen LogP contribution in [0.25, 0.3) is 0 Å². The molecule has 6 heteroatoms. The Morgan fingerprint density at radius 3 is 2.73 bits per heavy atom. The summed E-state index contributed by atoms with van der Waals surface area (Å²) in [6.45, 7) is 5.64. The highest BCUT2D eigenvalue weighted by molar-refractivity contribution is 7.09. The lowest BCUT2D eigenvalue weighted by Gasteiger charge is -2.36. The topological polar surface area (TPSA) is 62.5 Å². The van der Waals surface area contributed by atoms with Crippen molar-refractivity contribution in [2.45, 2.75) is 13.5 Å². The van der Waals surface area contributed by atoms with Gasteiger partial charge in [-0.2, -0.15) is 0 Å². The Morgan fingerprint density at radius 1 is 1.32 bits per heavy atom. The number of nitrogens with zero attached hydrogens (tertiary/aromatic N) is 3. The largest absolute Gasteiger partial charge is 0.368 e. The van der Waals surface area contributed by atoms with E-state index in [0.29, 0.717) is 12.2 Å². The summed E-state index contributed by atoms with van der Waals surface area (Å²) in [5.41, 5.74) is 8.56. The Kier molecular flexibility index (Phi) is 4.40. The normalized spacial score (nSPS) is 15.2. The standard InChI is InChI=1S/C16H20N4OS/c1-12-3-2-4-13(9-12)19-5-7-20(8-6-19)16(21)14-11-22-15(10-17)18-14/h2-4,9,11H,5-8,10,17H2,1H3. The Hall–Kier alpha value is -1.92. The van der Waals surface area contributed by atoms with Crippen LogP contribution in [0.1, 0.15) is 21.1 Å². The minimum atomic E-state index is 0.0137. The summed E-state index contributed by atoms with van der Waals surface area (Å²) in [5.74, 6) is 0.0137. The summed E-state index contributed by atoms with van der Waals surface area (Å²) in [6, 6.07) is 8.48. The quantitative estimate of drug-likeness (QED) is 0.939. The first-order valence-corrected chi connectivity index (χ1v) is 8.30. The number of rotatable bonds is 3. The molecule has 2 N–H and O–H groups in total. The van der Waals surface area contributed by atoms with Gasteiger partial charge in [-0.15, -0.1) is 11.3 Å². The molecule has 3 rings (SSSR count). The fourth-order valence-corrected chi connectivity index (χ4v) is 3.31. The Bertz CT molecular complexity index is 662. The van der Waals surface area contributed by atoms with Crippen molar-refractivity contribution in [2.75, 3.05) is 31.1 Å². The Morgan fingerprint density at radius 2 is 2.09 bits per heavy atom. The van der Waals surface area contributed by atoms with Gasteiger partial charge in [0.15, 0.2) is 0 Å². The van der Waals surface area contributed by atoms with Crippen molar-refractivity contribution < 1.29 is 4.79 Å². The number of hydrogen-bond donors (Lipinski definition) is 1. The molecule has 1 aromatic heterocycles. The first-order valence-electron chi connectivity index (χ1n) is 7.43. The number of hydrogen-bond acceptors (Lipinski definition) is 5. The number of nitrogens with two attached hydrogens (primary N) is 1. The fraction of sp³-hybridized carbons (Fsp3) is 0.375. The Labute approximate surface area is 134 Å². The van der Waals surface area contributed by atoms with Gasteiger partial charge in [-0.25, -0.2) is 4.98 Å². The van der Waals surface area contributed by atoms with Gasteiger partial charge in [0, 0.05) is 43.8 Å². The van der Waals surface area contributed by atoms with E-state index in [1.807, 2.05) is 4.90 Å². The van der Waals surface area contributed by atoms with Crippen LogP contribution in [0.4, 0.5) is 5.69 Å². The van der Waals surface area contributed by atoms with E-state index in [1.165, 1.54) is 22.6 Å². The van der Waals surface area contributed by atoms with Crippen LogP contribution in [0.2, 0.25) is 0 Å². The highest BCUT2D eigenvalue weighted by atomic mass is 32.1. The number of aryl methyl sites for hydroxylation is 1. The number of carbonyl (C=O) groups excluding carboxylic acids is 1. The minimum Gasteiger partial charge on any atom is -0.368 e. The third kappa shape index (κ3) is 3.13. The summed E-state index contributed by atoms with van der Waals surface area (Å²) in [6.07, 6.45) is 0. The maximum Gasteiger partial charge on any atom is 0.273 e. The van der Waals surface area contributed by atoms with Crippen LogP contribution < -0.4 is 10.6 Å². The summed E-state index contributed by atoms with van der Waals surface area (Å²) < 4.78 is 0. The molecule has 0 atom stereocenters. The van der Waals surface area contributed by atoms with Gasteiger partial charge < -0.3 is 15.5 Å². The second kappa shape index (κ2) is 6.46. The monoisotopic (exact) mass is 316 g/mol. The lowest BCUT2D eigenvalue weighted by Crippen LogP contribution is -2.48. The third-order valence-electron chi connectivity index (χ3n) is 3.88. The number of anilines is 1. The van der Waals surface area contributed by atoms with Crippen LogP contribution in [-0.4, -0.2) is 42.0 Å². The highest BCUT2D eigenvalue weighted by Gasteiger charge is 2.23. The zero-order valence-electron chi connectivity index (χ0n) is 12.7. The molecule has 1 amide bonds. The summed E-state index contributed by atoms with van der Waals surface area (Å²) in [5, 5.41) is 2.61. The molecule has 0 saturated carbocycles. The average molecular weight is 316 g/mol. The number of aromatic nitrogens is 1. The fourth-order valence-electron chi connectivity index (χ4n) is 2.66. The minimum absolute atomic E-state index is 0.0137. The molecule has 1 aliphatic heterocycles. The molecule has 0 aliphatic carbocycles. The predicted molar refractivity (Wildman–Crippen MR) is 89.3 cm³/mol. The average Bonchev–Trinajstić information content (AvgIpc) is 3.03. The molecule has 0 radical (unpaired) electrons. The van der Waals surface area contributed by atoms with E-state index in [9.17, 15) is 4.79 Å². The van der Waals surface area contributed by atoms with E-state index >= 15 is 0 Å². The van der Waals surface area contributed by atoms with Crippen LogP contribution in [-0.2, 0) is 6.54 Å². The van der Waals surface area contributed by atoms with Gasteiger partial charge in [0.1, 0.15) is 10.7 Å². The van der Waals surface area contributed by atoms with Gasteiger partial charge >= 0.3 is 0 Å². The molecule has 22 heavy (non-hydrogen) atoms. The van der Waals surface area contributed by atoms with Crippen LogP contribution >= 0.6 is 11.3 Å². The lowest BCUT2D eigenvalue weighted by atomic mass is 10.2. The number of carbonyl (C=O) groups is 1. The lowest BCUT2D eigenvalue weighted by molar-refractivity contribution is 0.0741.